The average molecular weight is 250 g/mol. The van der Waals surface area contributed by atoms with Gasteiger partial charge in [0.25, 0.3) is 0 Å². The van der Waals surface area contributed by atoms with Crippen molar-refractivity contribution in [2.75, 3.05) is 0 Å². The molecule has 0 aliphatic heterocycles. The van der Waals surface area contributed by atoms with Gasteiger partial charge in [0, 0.05) is 0 Å². The molecule has 0 spiro atoms. The summed E-state index contributed by atoms with van der Waals surface area (Å²) in [6.45, 7) is 4.47. The van der Waals surface area contributed by atoms with Gasteiger partial charge in [-0.15, -0.1) is 0 Å². The van der Waals surface area contributed by atoms with Crippen molar-refractivity contribution in [2.45, 2.75) is 77.7 Å². The van der Waals surface area contributed by atoms with Gasteiger partial charge in [0.1, 0.15) is 0 Å². The molecule has 4 saturated carbocycles. The highest BCUT2D eigenvalue weighted by Gasteiger charge is 2.51. The van der Waals surface area contributed by atoms with E-state index < -0.39 is 0 Å². The zero-order valence-corrected chi connectivity index (χ0v) is 12.2. The van der Waals surface area contributed by atoms with Gasteiger partial charge in [0.2, 0.25) is 0 Å². The van der Waals surface area contributed by atoms with Crippen molar-refractivity contribution >= 4 is 0 Å². The first-order valence-corrected chi connectivity index (χ1v) is 8.28. The smallest absolute Gasteiger partial charge is 0.0571 e. The quantitative estimate of drug-likeness (QED) is 0.767. The highest BCUT2D eigenvalue weighted by atomic mass is 16.3. The first kappa shape index (κ1) is 13.0. The predicted octanol–water partition coefficient (Wildman–Crippen LogP) is 4.39. The fraction of sp³-hybridized carbons (Fsp3) is 1.00. The van der Waals surface area contributed by atoms with Gasteiger partial charge in [0.05, 0.1) is 6.10 Å². The second-order valence-corrected chi connectivity index (χ2v) is 7.95. The van der Waals surface area contributed by atoms with Crippen LogP contribution in [0.2, 0.25) is 0 Å². The lowest BCUT2D eigenvalue weighted by Crippen LogP contribution is -2.47. The SMILES string of the molecule is CCCC(C)C(O)CC12CC3CC(CC(C3)C1)C2. The topological polar surface area (TPSA) is 20.2 Å². The van der Waals surface area contributed by atoms with Crippen LogP contribution in [-0.2, 0) is 0 Å². The van der Waals surface area contributed by atoms with Crippen LogP contribution in [0.15, 0.2) is 0 Å². The van der Waals surface area contributed by atoms with Crippen LogP contribution in [0.1, 0.15) is 71.6 Å². The predicted molar refractivity (Wildman–Crippen MR) is 75.3 cm³/mol. The largest absolute Gasteiger partial charge is 0.393 e. The summed E-state index contributed by atoms with van der Waals surface area (Å²) in [6, 6.07) is 0. The zero-order valence-electron chi connectivity index (χ0n) is 12.2. The Bertz CT molecular complexity index is 261. The molecule has 0 amide bonds. The molecular formula is C17H30O. The molecule has 18 heavy (non-hydrogen) atoms. The van der Waals surface area contributed by atoms with Gasteiger partial charge in [0.15, 0.2) is 0 Å². The van der Waals surface area contributed by atoms with E-state index in [-0.39, 0.29) is 6.10 Å². The van der Waals surface area contributed by atoms with Crippen molar-refractivity contribution in [3.8, 4) is 0 Å². The van der Waals surface area contributed by atoms with Gasteiger partial charge in [-0.3, -0.25) is 0 Å². The maximum Gasteiger partial charge on any atom is 0.0571 e. The molecule has 1 heteroatoms. The van der Waals surface area contributed by atoms with Crippen LogP contribution in [0.4, 0.5) is 0 Å². The fourth-order valence-electron chi connectivity index (χ4n) is 5.83. The van der Waals surface area contributed by atoms with Crippen LogP contribution in [0, 0.1) is 29.1 Å². The molecule has 0 aromatic carbocycles. The molecule has 1 nitrogen and oxygen atoms in total. The molecule has 0 saturated heterocycles. The summed E-state index contributed by atoms with van der Waals surface area (Å²) in [5, 5.41) is 10.5. The zero-order chi connectivity index (χ0) is 12.8. The van der Waals surface area contributed by atoms with E-state index in [1.807, 2.05) is 0 Å². The number of aliphatic hydroxyl groups is 1. The highest BCUT2D eigenvalue weighted by Crippen LogP contribution is 2.61. The minimum absolute atomic E-state index is 0.0406. The third-order valence-corrected chi connectivity index (χ3v) is 6.21. The van der Waals surface area contributed by atoms with Crippen molar-refractivity contribution in [2.24, 2.45) is 29.1 Å². The molecule has 4 fully saturated rings. The number of hydrogen-bond donors (Lipinski definition) is 1. The third-order valence-electron chi connectivity index (χ3n) is 6.21. The van der Waals surface area contributed by atoms with Crippen LogP contribution in [0.3, 0.4) is 0 Å². The lowest BCUT2D eigenvalue weighted by Gasteiger charge is -2.57. The Morgan fingerprint density at radius 1 is 1.06 bits per heavy atom. The molecule has 4 bridgehead atoms. The standard InChI is InChI=1S/C17H30O/c1-3-4-12(2)16(18)11-17-8-13-5-14(9-17)7-15(6-13)10-17/h12-16,18H,3-11H2,1-2H3. The number of hydrogen-bond acceptors (Lipinski definition) is 1. The van der Waals surface area contributed by atoms with Gasteiger partial charge in [-0.25, -0.2) is 0 Å². The molecule has 2 atom stereocenters. The van der Waals surface area contributed by atoms with Crippen molar-refractivity contribution < 1.29 is 5.11 Å². The summed E-state index contributed by atoms with van der Waals surface area (Å²) in [6.07, 6.45) is 12.3. The fourth-order valence-corrected chi connectivity index (χ4v) is 5.83. The van der Waals surface area contributed by atoms with E-state index in [2.05, 4.69) is 13.8 Å². The number of rotatable bonds is 5. The molecule has 4 aliphatic carbocycles. The van der Waals surface area contributed by atoms with Gasteiger partial charge in [-0.2, -0.15) is 0 Å². The third kappa shape index (κ3) is 2.35. The maximum atomic E-state index is 10.5. The van der Waals surface area contributed by atoms with Gasteiger partial charge < -0.3 is 5.11 Å². The van der Waals surface area contributed by atoms with Crippen LogP contribution in [-0.4, -0.2) is 11.2 Å². The Morgan fingerprint density at radius 2 is 1.56 bits per heavy atom. The van der Waals surface area contributed by atoms with E-state index in [1.165, 1.54) is 51.4 Å². The first-order chi connectivity index (χ1) is 8.60. The summed E-state index contributed by atoms with van der Waals surface area (Å²) in [7, 11) is 0. The molecular weight excluding hydrogens is 220 g/mol. The number of aliphatic hydroxyl groups excluding tert-OH is 1. The van der Waals surface area contributed by atoms with E-state index in [0.29, 0.717) is 11.3 Å². The van der Waals surface area contributed by atoms with Crippen molar-refractivity contribution in [1.29, 1.82) is 0 Å². The van der Waals surface area contributed by atoms with Crippen molar-refractivity contribution in [3.63, 3.8) is 0 Å². The molecule has 0 heterocycles. The Morgan fingerprint density at radius 3 is 2.00 bits per heavy atom. The molecule has 4 rings (SSSR count). The summed E-state index contributed by atoms with van der Waals surface area (Å²) < 4.78 is 0. The Labute approximate surface area is 112 Å². The second kappa shape index (κ2) is 4.81. The van der Waals surface area contributed by atoms with E-state index in [9.17, 15) is 5.11 Å². The molecule has 0 aromatic rings. The minimum Gasteiger partial charge on any atom is -0.393 e. The van der Waals surface area contributed by atoms with Crippen LogP contribution < -0.4 is 0 Å². The Balaban J connectivity index is 1.65. The van der Waals surface area contributed by atoms with Crippen molar-refractivity contribution in [1.82, 2.24) is 0 Å². The monoisotopic (exact) mass is 250 g/mol. The molecule has 1 N–H and O–H groups in total. The average Bonchev–Trinajstić information content (AvgIpc) is 2.26. The molecule has 104 valence electrons. The van der Waals surface area contributed by atoms with E-state index >= 15 is 0 Å². The minimum atomic E-state index is -0.0406. The highest BCUT2D eigenvalue weighted by molar-refractivity contribution is 5.02. The van der Waals surface area contributed by atoms with Crippen LogP contribution in [0.25, 0.3) is 0 Å². The van der Waals surface area contributed by atoms with E-state index in [4.69, 9.17) is 0 Å². The molecule has 2 unspecified atom stereocenters. The summed E-state index contributed by atoms with van der Waals surface area (Å²) in [5.74, 6) is 3.56. The molecule has 0 aromatic heterocycles. The van der Waals surface area contributed by atoms with Crippen LogP contribution >= 0.6 is 0 Å². The summed E-state index contributed by atoms with van der Waals surface area (Å²) in [4.78, 5) is 0. The Kier molecular flexibility index (Phi) is 3.47. The maximum absolute atomic E-state index is 10.5. The lowest BCUT2D eigenvalue weighted by atomic mass is 9.48. The van der Waals surface area contributed by atoms with Gasteiger partial charge >= 0.3 is 0 Å². The van der Waals surface area contributed by atoms with Gasteiger partial charge in [-0.05, 0) is 80.5 Å². The van der Waals surface area contributed by atoms with E-state index in [0.717, 1.165) is 24.2 Å². The Hall–Kier alpha value is -0.0400. The second-order valence-electron chi connectivity index (χ2n) is 7.95. The first-order valence-electron chi connectivity index (χ1n) is 8.28. The van der Waals surface area contributed by atoms with Crippen LogP contribution in [0.5, 0.6) is 0 Å². The van der Waals surface area contributed by atoms with Gasteiger partial charge in [-0.1, -0.05) is 20.3 Å². The lowest BCUT2D eigenvalue weighted by molar-refractivity contribution is -0.0827. The molecule has 4 aliphatic rings. The summed E-state index contributed by atoms with van der Waals surface area (Å²) >= 11 is 0. The molecule has 0 radical (unpaired) electrons. The van der Waals surface area contributed by atoms with E-state index in [1.54, 1.807) is 0 Å². The van der Waals surface area contributed by atoms with Crippen molar-refractivity contribution in [3.05, 3.63) is 0 Å². The summed E-state index contributed by atoms with van der Waals surface area (Å²) in [5.41, 5.74) is 0.552. The normalized spacial score (nSPS) is 45.2.